The average Bonchev–Trinajstić information content (AvgIpc) is 3.31. The van der Waals surface area contributed by atoms with E-state index in [2.05, 4.69) is 17.4 Å². The number of ether oxygens (including phenoxy) is 1. The first-order valence-electron chi connectivity index (χ1n) is 11.4. The van der Waals surface area contributed by atoms with E-state index in [9.17, 15) is 10.0 Å². The number of oxime groups is 1. The maximum Gasteiger partial charge on any atom is 0.418 e. The summed E-state index contributed by atoms with van der Waals surface area (Å²) in [5.74, 6) is 1.17. The van der Waals surface area contributed by atoms with Crippen LogP contribution in [-0.4, -0.2) is 27.1 Å². The zero-order valence-corrected chi connectivity index (χ0v) is 21.4. The molecule has 2 aromatic carbocycles. The minimum atomic E-state index is -0.723. The second kappa shape index (κ2) is 11.8. The molecule has 184 valence electrons. The number of amidine groups is 1. The number of nitrogens with zero attached hydrogens (tertiary/aromatic N) is 3. The molecule has 4 rings (SSSR count). The highest BCUT2D eigenvalue weighted by Crippen LogP contribution is 2.30. The van der Waals surface area contributed by atoms with E-state index in [4.69, 9.17) is 26.3 Å². The number of carbonyl (C=O) groups excluding carboxylic acids is 1. The molecular formula is C27H25ClN4O3S. The Morgan fingerprint density at radius 1 is 1.06 bits per heavy atom. The Balaban J connectivity index is 1.44. The first-order valence-corrected chi connectivity index (χ1v) is 12.6. The van der Waals surface area contributed by atoms with Crippen molar-refractivity contribution in [1.29, 1.82) is 0 Å². The molecular weight excluding hydrogens is 496 g/mol. The first kappa shape index (κ1) is 25.3. The first-order chi connectivity index (χ1) is 17.4. The molecule has 9 heteroatoms. The summed E-state index contributed by atoms with van der Waals surface area (Å²) in [5.41, 5.74) is 5.05. The van der Waals surface area contributed by atoms with Gasteiger partial charge in [-0.1, -0.05) is 66.1 Å². The number of thiophene rings is 1. The minimum absolute atomic E-state index is 0.0858. The standard InChI is InChI=1S/C27H25ClN4O3S/c1-3-21-17(2)29-26(23-13-14-24(28)36-23)30-22(21)15-18-9-11-19(12-10-18)16-25(32-34)31-27(33)35-20-7-5-4-6-8-20/h4-14,34H,3,15-16H2,1-2H3,(H,31,32,33). The molecule has 0 spiro atoms. The lowest BCUT2D eigenvalue weighted by Crippen LogP contribution is -2.34. The van der Waals surface area contributed by atoms with Gasteiger partial charge in [-0.3, -0.25) is 5.32 Å². The van der Waals surface area contributed by atoms with Crippen LogP contribution in [0.5, 0.6) is 5.75 Å². The van der Waals surface area contributed by atoms with Gasteiger partial charge >= 0.3 is 6.09 Å². The molecule has 0 saturated heterocycles. The maximum atomic E-state index is 12.1. The van der Waals surface area contributed by atoms with Crippen molar-refractivity contribution in [3.63, 3.8) is 0 Å². The Kier molecular flexibility index (Phi) is 8.30. The summed E-state index contributed by atoms with van der Waals surface area (Å²) >= 11 is 7.57. The number of amides is 1. The number of carbonyl (C=O) groups is 1. The molecule has 0 unspecified atom stereocenters. The van der Waals surface area contributed by atoms with Crippen molar-refractivity contribution in [1.82, 2.24) is 15.3 Å². The molecule has 0 atom stereocenters. The molecule has 2 heterocycles. The molecule has 7 nitrogen and oxygen atoms in total. The molecule has 0 saturated carbocycles. The highest BCUT2D eigenvalue weighted by atomic mass is 35.5. The fourth-order valence-electron chi connectivity index (χ4n) is 3.81. The number of halogens is 1. The predicted octanol–water partition coefficient (Wildman–Crippen LogP) is 6.44. The SMILES string of the molecule is CCc1c(C)nc(-c2ccc(Cl)s2)nc1Cc1ccc(CC(=NO)NC(=O)Oc2ccccc2)cc1. The topological polar surface area (TPSA) is 96.7 Å². The highest BCUT2D eigenvalue weighted by molar-refractivity contribution is 7.19. The Bertz CT molecular complexity index is 1370. The number of benzene rings is 2. The van der Waals surface area contributed by atoms with Crippen molar-refractivity contribution < 1.29 is 14.7 Å². The largest absolute Gasteiger partial charge is 0.418 e. The van der Waals surface area contributed by atoms with Gasteiger partial charge < -0.3 is 9.94 Å². The molecule has 0 aliphatic carbocycles. The van der Waals surface area contributed by atoms with E-state index in [0.717, 1.165) is 39.4 Å². The summed E-state index contributed by atoms with van der Waals surface area (Å²) < 4.78 is 5.89. The van der Waals surface area contributed by atoms with Crippen LogP contribution in [0, 0.1) is 6.92 Å². The summed E-state index contributed by atoms with van der Waals surface area (Å²) in [6, 6.07) is 20.3. The van der Waals surface area contributed by atoms with E-state index in [0.29, 0.717) is 22.3 Å². The lowest BCUT2D eigenvalue weighted by atomic mass is 10.0. The van der Waals surface area contributed by atoms with Gasteiger partial charge in [0.1, 0.15) is 5.75 Å². The highest BCUT2D eigenvalue weighted by Gasteiger charge is 2.14. The summed E-state index contributed by atoms with van der Waals surface area (Å²) in [7, 11) is 0. The summed E-state index contributed by atoms with van der Waals surface area (Å²) in [4.78, 5) is 22.6. The van der Waals surface area contributed by atoms with E-state index < -0.39 is 6.09 Å². The fourth-order valence-corrected chi connectivity index (χ4v) is 4.79. The van der Waals surface area contributed by atoms with Gasteiger partial charge in [0, 0.05) is 18.5 Å². The number of rotatable bonds is 7. The van der Waals surface area contributed by atoms with Gasteiger partial charge in [-0.2, -0.15) is 0 Å². The summed E-state index contributed by atoms with van der Waals surface area (Å²) in [5, 5.41) is 15.0. The fraction of sp³-hybridized carbons (Fsp3) is 0.185. The molecule has 2 aromatic heterocycles. The smallest absolute Gasteiger partial charge is 0.410 e. The van der Waals surface area contributed by atoms with Crippen molar-refractivity contribution in [3.8, 4) is 16.5 Å². The normalized spacial score (nSPS) is 11.4. The monoisotopic (exact) mass is 520 g/mol. The number of hydrogen-bond acceptors (Lipinski definition) is 7. The van der Waals surface area contributed by atoms with Crippen LogP contribution in [0.1, 0.15) is 35.0 Å². The second-order valence-electron chi connectivity index (χ2n) is 8.06. The third kappa shape index (κ3) is 6.47. The second-order valence-corrected chi connectivity index (χ2v) is 9.77. The van der Waals surface area contributed by atoms with Gasteiger partial charge in [0.05, 0.1) is 14.9 Å². The number of aryl methyl sites for hydroxylation is 1. The Labute approximate surface area is 218 Å². The van der Waals surface area contributed by atoms with Crippen LogP contribution in [0.15, 0.2) is 71.9 Å². The van der Waals surface area contributed by atoms with E-state index in [1.165, 1.54) is 11.3 Å². The van der Waals surface area contributed by atoms with Gasteiger partial charge in [-0.15, -0.1) is 11.3 Å². The molecule has 0 aliphatic heterocycles. The zero-order chi connectivity index (χ0) is 25.5. The molecule has 0 radical (unpaired) electrons. The van der Waals surface area contributed by atoms with Crippen LogP contribution < -0.4 is 10.1 Å². The molecule has 0 aliphatic rings. The van der Waals surface area contributed by atoms with Gasteiger partial charge in [0.15, 0.2) is 11.7 Å². The molecule has 4 aromatic rings. The van der Waals surface area contributed by atoms with Crippen LogP contribution in [0.25, 0.3) is 10.7 Å². The molecule has 0 fully saturated rings. The van der Waals surface area contributed by atoms with Crippen LogP contribution in [0.4, 0.5) is 4.79 Å². The number of aromatic nitrogens is 2. The Morgan fingerprint density at radius 3 is 2.42 bits per heavy atom. The molecule has 0 bridgehead atoms. The Morgan fingerprint density at radius 2 is 1.78 bits per heavy atom. The van der Waals surface area contributed by atoms with Gasteiger partial charge in [-0.05, 0) is 54.3 Å². The van der Waals surface area contributed by atoms with Crippen molar-refractivity contribution in [2.24, 2.45) is 5.16 Å². The van der Waals surface area contributed by atoms with Crippen molar-refractivity contribution >= 4 is 34.9 Å². The van der Waals surface area contributed by atoms with E-state index in [1.807, 2.05) is 49.4 Å². The van der Waals surface area contributed by atoms with Gasteiger partial charge in [-0.25, -0.2) is 14.8 Å². The van der Waals surface area contributed by atoms with Crippen LogP contribution in [0.2, 0.25) is 4.34 Å². The third-order valence-electron chi connectivity index (χ3n) is 5.53. The third-order valence-corrected chi connectivity index (χ3v) is 6.76. The number of hydrogen-bond donors (Lipinski definition) is 2. The van der Waals surface area contributed by atoms with Crippen molar-refractivity contribution in [3.05, 3.63) is 99.1 Å². The van der Waals surface area contributed by atoms with Crippen LogP contribution in [-0.2, 0) is 19.3 Å². The zero-order valence-electron chi connectivity index (χ0n) is 19.9. The van der Waals surface area contributed by atoms with E-state index in [-0.39, 0.29) is 12.3 Å². The molecule has 2 N–H and O–H groups in total. The minimum Gasteiger partial charge on any atom is -0.410 e. The van der Waals surface area contributed by atoms with Crippen LogP contribution in [0.3, 0.4) is 0 Å². The predicted molar refractivity (Wildman–Crippen MR) is 142 cm³/mol. The van der Waals surface area contributed by atoms with Crippen LogP contribution >= 0.6 is 22.9 Å². The maximum absolute atomic E-state index is 12.1. The molecule has 36 heavy (non-hydrogen) atoms. The Hall–Kier alpha value is -3.75. The molecule has 1 amide bonds. The number of para-hydroxylation sites is 1. The van der Waals surface area contributed by atoms with Gasteiger partial charge in [0.2, 0.25) is 0 Å². The van der Waals surface area contributed by atoms with Crippen molar-refractivity contribution in [2.75, 3.05) is 0 Å². The van der Waals surface area contributed by atoms with E-state index >= 15 is 0 Å². The van der Waals surface area contributed by atoms with E-state index in [1.54, 1.807) is 24.3 Å². The lowest BCUT2D eigenvalue weighted by Gasteiger charge is -2.12. The summed E-state index contributed by atoms with van der Waals surface area (Å²) in [6.45, 7) is 4.11. The average molecular weight is 521 g/mol. The number of nitrogens with one attached hydrogen (secondary N) is 1. The lowest BCUT2D eigenvalue weighted by molar-refractivity contribution is 0.205. The van der Waals surface area contributed by atoms with Gasteiger partial charge in [0.25, 0.3) is 0 Å². The summed E-state index contributed by atoms with van der Waals surface area (Å²) in [6.07, 6.45) is 1.00. The quantitative estimate of drug-likeness (QED) is 0.126. The van der Waals surface area contributed by atoms with Crippen molar-refractivity contribution in [2.45, 2.75) is 33.1 Å².